The third-order valence-electron chi connectivity index (χ3n) is 17.9. The monoisotopic (exact) mass is 2280 g/mol. The maximum atomic E-state index is 13.3. The number of nitrogens with zero attached hydrogens (tertiary/aromatic N) is 13. The number of benzene rings is 2. The molecule has 0 aliphatic rings. The molecule has 0 fully saturated rings. The minimum Gasteiger partial charge on any atom is -0.465 e. The van der Waals surface area contributed by atoms with Crippen molar-refractivity contribution in [2.45, 2.75) is 190 Å². The number of amides is 1. The summed E-state index contributed by atoms with van der Waals surface area (Å²) < 4.78 is 154. The highest BCUT2D eigenvalue weighted by Crippen LogP contribution is 2.39. The zero-order chi connectivity index (χ0) is 108. The van der Waals surface area contributed by atoms with Crippen LogP contribution in [0.4, 0.5) is 37.8 Å². The Kier molecular flexibility index (Phi) is 55.0. The summed E-state index contributed by atoms with van der Waals surface area (Å²) in [5.41, 5.74) is 11.1. The number of hydrogen-bond acceptors (Lipinski definition) is 29. The Balaban J connectivity index is 0.000000571. The van der Waals surface area contributed by atoms with Crippen LogP contribution in [0, 0.1) is 81.4 Å². The molecule has 0 radical (unpaired) electrons. The topological polar surface area (TPSA) is 577 Å². The maximum absolute atomic E-state index is 13.3. The maximum Gasteiger partial charge on any atom is 0.417 e. The zero-order valence-electron chi connectivity index (χ0n) is 80.7. The van der Waals surface area contributed by atoms with E-state index >= 15 is 0 Å². The van der Waals surface area contributed by atoms with E-state index < -0.39 is 92.9 Å². The number of halogens is 11. The van der Waals surface area contributed by atoms with Crippen LogP contribution in [0.15, 0.2) is 129 Å². The van der Waals surface area contributed by atoms with Crippen LogP contribution in [0.3, 0.4) is 0 Å². The lowest BCUT2D eigenvalue weighted by atomic mass is 10.1. The van der Waals surface area contributed by atoms with E-state index in [1.165, 1.54) is 45.6 Å². The third kappa shape index (κ3) is 42.3. The Morgan fingerprint density at radius 3 is 1.59 bits per heavy atom. The van der Waals surface area contributed by atoms with E-state index in [9.17, 15) is 67.2 Å². The second-order valence-electron chi connectivity index (χ2n) is 29.9. The summed E-state index contributed by atoms with van der Waals surface area (Å²) in [5, 5.41) is 18.4. The SMILES string of the molecule is C.CC(=N)N.CC(C)CBr.CCOC(=O)CC#N.CCOC(Cc1c(N)nc(C)[nH]c1=O)OCC.CON(C)C(=O)c1ncc(C)cc1CS(=O)(=O)c1ccc(Cl)c(C(F)(F)F)c1.Cc1cnc(C(=O)c2nc(C)nc3[nH]ccc23)c(NS(=O)(=O)c2ccc(Cl)c(C(F)(F)F)c2)c1.Cc1nc(Cl)c2cc[nH]c2n1.Cc1nc(I)c2cc[nH]c2n1.Cc1nc2[nH]ccc2c(=O)[nH]1.O=C=O.[C-]#[N+]C(CC)CC(C)OCC. The second-order valence-corrected chi connectivity index (χ2v) is 36.5. The number of alkyl halides is 7. The summed E-state index contributed by atoms with van der Waals surface area (Å²) in [4.78, 5) is 140. The Labute approximate surface area is 863 Å². The van der Waals surface area contributed by atoms with Gasteiger partial charge >= 0.3 is 24.5 Å². The summed E-state index contributed by atoms with van der Waals surface area (Å²) in [6.45, 7) is 38.3. The highest BCUT2D eigenvalue weighted by Gasteiger charge is 2.37. The number of H-pyrrole nitrogens is 6. The molecule has 39 nitrogen and oxygen atoms in total. The van der Waals surface area contributed by atoms with E-state index in [0.29, 0.717) is 106 Å². The summed E-state index contributed by atoms with van der Waals surface area (Å²) in [5.74, 6) is 1.56. The molecule has 2 aromatic carbocycles. The van der Waals surface area contributed by atoms with Crippen LogP contribution in [0.1, 0.15) is 178 Å². The number of aromatic nitrogens is 16. The first-order chi connectivity index (χ1) is 67.1. The molecule has 0 spiro atoms. The van der Waals surface area contributed by atoms with Gasteiger partial charge in [-0.15, -0.1) is 0 Å². The van der Waals surface area contributed by atoms with Crippen molar-refractivity contribution in [2.24, 2.45) is 11.7 Å². The number of anilines is 2. The summed E-state index contributed by atoms with van der Waals surface area (Å²) in [7, 11) is -6.21. The molecule has 0 aliphatic carbocycles. The van der Waals surface area contributed by atoms with Gasteiger partial charge in [0.1, 0.15) is 89.9 Å². The number of nitrogens with one attached hydrogen (secondary N) is 8. The number of fused-ring (bicyclic) bond motifs is 4. The molecule has 13 rings (SSSR count). The number of amidine groups is 1. The van der Waals surface area contributed by atoms with Gasteiger partial charge in [-0.25, -0.2) is 68.3 Å². The van der Waals surface area contributed by atoms with Crippen molar-refractivity contribution in [3.05, 3.63) is 241 Å². The lowest BCUT2D eigenvalue weighted by molar-refractivity contribution is -0.191. The van der Waals surface area contributed by atoms with Crippen LogP contribution in [-0.2, 0) is 82.6 Å². The molecule has 13 aromatic rings. The number of aromatic amines is 6. The predicted molar refractivity (Wildman–Crippen MR) is 546 cm³/mol. The first kappa shape index (κ1) is 127. The molecule has 0 aliphatic heterocycles. The fourth-order valence-corrected chi connectivity index (χ4v) is 15.5. The first-order valence-electron chi connectivity index (χ1n) is 42.6. The van der Waals surface area contributed by atoms with Crippen LogP contribution in [0.2, 0.25) is 15.2 Å². The quantitative estimate of drug-likeness (QED) is 0.00229. The molecule has 52 heteroatoms. The highest BCUT2D eigenvalue weighted by molar-refractivity contribution is 14.1. The van der Waals surface area contributed by atoms with Gasteiger partial charge in [-0.2, -0.15) is 41.2 Å². The van der Waals surface area contributed by atoms with Crippen LogP contribution in [0.5, 0.6) is 0 Å². The molecular formula is C92H112BrCl3F6IN23O16S2. The number of carbonyl (C=O) groups excluding carboxylic acids is 5. The Morgan fingerprint density at radius 1 is 0.653 bits per heavy atom. The molecule has 780 valence electrons. The molecule has 0 saturated heterocycles. The number of esters is 1. The number of pyridine rings is 2. The van der Waals surface area contributed by atoms with E-state index in [1.54, 1.807) is 78.3 Å². The number of hydroxylamine groups is 2. The van der Waals surface area contributed by atoms with Gasteiger partial charge in [0.15, 0.2) is 16.1 Å². The lowest BCUT2D eigenvalue weighted by Crippen LogP contribution is -2.28. The number of nitrogen functional groups attached to an aromatic ring is 1. The predicted octanol–water partition coefficient (Wildman–Crippen LogP) is 18.3. The van der Waals surface area contributed by atoms with Gasteiger partial charge in [-0.3, -0.25) is 48.9 Å². The van der Waals surface area contributed by atoms with Crippen molar-refractivity contribution in [3.63, 3.8) is 0 Å². The van der Waals surface area contributed by atoms with Gasteiger partial charge in [0, 0.05) is 94.0 Å². The molecule has 0 bridgehead atoms. The second kappa shape index (κ2) is 62.1. The third-order valence-corrected chi connectivity index (χ3v) is 24.0. The Morgan fingerprint density at radius 2 is 1.10 bits per heavy atom. The fourth-order valence-electron chi connectivity index (χ4n) is 11.6. The smallest absolute Gasteiger partial charge is 0.417 e. The highest BCUT2D eigenvalue weighted by atomic mass is 127. The number of ketones is 1. The average Bonchev–Trinajstić information content (AvgIpc) is 0.874. The van der Waals surface area contributed by atoms with Gasteiger partial charge in [0.2, 0.25) is 11.8 Å². The van der Waals surface area contributed by atoms with Gasteiger partial charge in [-0.05, 0) is 202 Å². The number of nitrogens with two attached hydrogens (primary N) is 2. The van der Waals surface area contributed by atoms with Crippen molar-refractivity contribution in [2.75, 3.05) is 56.4 Å². The van der Waals surface area contributed by atoms with E-state index in [2.05, 4.69) is 146 Å². The number of carbonyl (C=O) groups is 3. The van der Waals surface area contributed by atoms with Crippen molar-refractivity contribution < 1.29 is 90.9 Å². The minimum atomic E-state index is -4.86. The van der Waals surface area contributed by atoms with Crippen LogP contribution in [-0.4, -0.2) is 196 Å². The number of sulfone groups is 1. The van der Waals surface area contributed by atoms with Crippen molar-refractivity contribution in [3.8, 4) is 6.07 Å². The van der Waals surface area contributed by atoms with E-state index in [0.717, 1.165) is 91.6 Å². The molecule has 11 heterocycles. The van der Waals surface area contributed by atoms with Crippen LogP contribution < -0.4 is 27.3 Å². The normalized spacial score (nSPS) is 11.1. The number of aryl methyl sites for hydroxylation is 7. The van der Waals surface area contributed by atoms with E-state index in [1.807, 2.05) is 66.8 Å². The minimum absolute atomic E-state index is 0. The van der Waals surface area contributed by atoms with Gasteiger partial charge in [0.05, 0.1) is 95.9 Å². The Bertz CT molecular complexity index is 6830. The van der Waals surface area contributed by atoms with Gasteiger partial charge in [-0.1, -0.05) is 85.0 Å². The van der Waals surface area contributed by atoms with Gasteiger partial charge < -0.3 is 65.2 Å². The number of hydrogen-bond donors (Lipinski definition) is 10. The molecule has 2 unspecified atom stereocenters. The Hall–Kier alpha value is -12.7. The fraction of sp³-hybridized carbons (Fsp3) is 0.380. The lowest BCUT2D eigenvalue weighted by Gasteiger charge is -2.17. The van der Waals surface area contributed by atoms with Crippen molar-refractivity contribution >= 4 is 178 Å². The standard InChI is InChI=1S/C21H15ClF3N5O3S.C17H16ClF3N2O4S.C11H19N3O3.C9H17NO.C7H6ClN3.C7H6IN3.C7H7N3O.C5H7NO2.C4H9Br.C2H6N2.CO2.CH4/c1-10-7-16(30-34(32,33)12-3-4-15(22)14(8-12)21(23,24)25)18(27-9-10)19(31)17-13-5-6-26-20(13)29-11(2)28-17;1-10-6-11(15(22-8-10)16(24)23(2)27-3)9-28(25,26)12-4-5-14(18)13(7-12)17(19,20)21;1-4-16-9(17-5-2)6-8-10(12)13-7(3)14-11(8)15;1-5-9(10-4)7-8(3)11-6-2;2*1-4-10-6(8)5-2-3-9-7(5)11-4;1-4-9-6-5(2-3-8-6)7(11)10-4;1-2-8-5(7)3-4-6;1-4(2)3-5;1-2(3)4;2-1-3;/h3-9,30H,1-2H3,(H,26,28,29);4-8H,9H2,1-3H3;9H,4-6H2,1-3H3,(H3,12,13,14,15);8-9H,5-7H2,1-3H3;2*2-3H,1H3,(H,9,10,11);2-3H,1H3,(H2,8,9,10,11);2-3H2,1H3;4H,3H2,1-2H3;1H3,(H3,3,4);;1H4. The van der Waals surface area contributed by atoms with Crippen LogP contribution in [0.25, 0.3) is 49.0 Å². The number of ether oxygens (including phenoxy) is 4. The van der Waals surface area contributed by atoms with Crippen LogP contribution >= 0.6 is 73.3 Å². The molecule has 11 aromatic heterocycles. The summed E-state index contributed by atoms with van der Waals surface area (Å²) in [6, 6.07) is 16.3. The first-order valence-corrected chi connectivity index (χ1v) is 49.1. The molecule has 144 heavy (non-hydrogen) atoms. The summed E-state index contributed by atoms with van der Waals surface area (Å²) >= 11 is 22.5. The largest absolute Gasteiger partial charge is 0.465 e. The number of rotatable bonds is 24. The molecular weight excluding hydrogens is 2170 g/mol. The van der Waals surface area contributed by atoms with E-state index in [-0.39, 0.29) is 83.2 Å². The molecule has 12 N–H and O–H groups in total. The zero-order valence-corrected chi connectivity index (χ0v) is 88.4. The average molecular weight is 2290 g/mol. The number of sulfonamides is 1. The van der Waals surface area contributed by atoms with Crippen molar-refractivity contribution in [1.82, 2.24) is 84.8 Å². The summed E-state index contributed by atoms with van der Waals surface area (Å²) in [6.07, 6.45) is 1.99. The number of nitriles is 1. The molecule has 1 amide bonds. The molecule has 2 atom stereocenters. The van der Waals surface area contributed by atoms with Crippen molar-refractivity contribution in [1.29, 1.82) is 10.7 Å². The van der Waals surface area contributed by atoms with E-state index in [4.69, 9.17) is 92.2 Å². The molecule has 0 saturated carbocycles. The van der Waals surface area contributed by atoms with Gasteiger partial charge in [0.25, 0.3) is 27.0 Å².